The standard InChI is InChI=1S/C26H31N9O3/c1-34-10-4-11-35(2)22(36)16-38-21-13-19(33-25-23-18(15-34)14-30-24(23)31-17-32-25)5-6-20(21)37-12-9-29-26-27-7-3-8-28-26/h3,5-8,13-14,17H,4,9-12,15-16H2,1-2H3,(H,27,28,29)(H2,30,31,32,33). The fraction of sp³-hybridized carbons (Fsp3) is 0.346. The van der Waals surface area contributed by atoms with E-state index in [1.807, 2.05) is 24.4 Å². The van der Waals surface area contributed by atoms with E-state index in [4.69, 9.17) is 9.47 Å². The Bertz CT molecular complexity index is 1380. The molecule has 2 bridgehead atoms. The van der Waals surface area contributed by atoms with Crippen LogP contribution in [0.3, 0.4) is 0 Å². The number of fused-ring (bicyclic) bond motifs is 2. The van der Waals surface area contributed by atoms with Crippen LogP contribution in [0.15, 0.2) is 49.2 Å². The van der Waals surface area contributed by atoms with E-state index in [9.17, 15) is 4.79 Å². The lowest BCUT2D eigenvalue weighted by Gasteiger charge is -2.22. The Hall–Kier alpha value is -4.45. The van der Waals surface area contributed by atoms with Gasteiger partial charge in [0.2, 0.25) is 5.95 Å². The van der Waals surface area contributed by atoms with Gasteiger partial charge in [0.25, 0.3) is 5.91 Å². The molecule has 38 heavy (non-hydrogen) atoms. The second kappa shape index (κ2) is 11.7. The number of ether oxygens (including phenoxy) is 2. The zero-order chi connectivity index (χ0) is 26.3. The van der Waals surface area contributed by atoms with Crippen molar-refractivity contribution in [3.05, 3.63) is 54.7 Å². The van der Waals surface area contributed by atoms with Crippen LogP contribution in [0.4, 0.5) is 17.5 Å². The largest absolute Gasteiger partial charge is 0.488 e. The van der Waals surface area contributed by atoms with E-state index in [-0.39, 0.29) is 12.5 Å². The molecule has 3 N–H and O–H groups in total. The normalized spacial score (nSPS) is 15.1. The third-order valence-corrected chi connectivity index (χ3v) is 6.22. The van der Waals surface area contributed by atoms with Gasteiger partial charge in [0.05, 0.1) is 11.9 Å². The fourth-order valence-corrected chi connectivity index (χ4v) is 4.24. The summed E-state index contributed by atoms with van der Waals surface area (Å²) in [5, 5.41) is 7.45. The Morgan fingerprint density at radius 1 is 1.13 bits per heavy atom. The summed E-state index contributed by atoms with van der Waals surface area (Å²) in [5.74, 6) is 2.10. The van der Waals surface area contributed by atoms with Crippen molar-refractivity contribution in [3.63, 3.8) is 0 Å². The maximum absolute atomic E-state index is 12.8. The molecule has 0 saturated carbocycles. The number of likely N-dealkylation sites (N-methyl/N-ethyl adjacent to an activating group) is 1. The number of nitrogens with zero attached hydrogens (tertiary/aromatic N) is 6. The molecule has 0 aliphatic carbocycles. The third kappa shape index (κ3) is 6.09. The summed E-state index contributed by atoms with van der Waals surface area (Å²) < 4.78 is 12.0. The van der Waals surface area contributed by atoms with Crippen molar-refractivity contribution < 1.29 is 14.3 Å². The Kier molecular flexibility index (Phi) is 7.78. The number of amides is 1. The Labute approximate surface area is 220 Å². The van der Waals surface area contributed by atoms with Crippen molar-refractivity contribution in [2.45, 2.75) is 13.0 Å². The molecule has 0 unspecified atom stereocenters. The summed E-state index contributed by atoms with van der Waals surface area (Å²) in [7, 11) is 3.86. The number of hydrogen-bond donors (Lipinski definition) is 3. The van der Waals surface area contributed by atoms with Crippen molar-refractivity contribution in [1.82, 2.24) is 34.7 Å². The van der Waals surface area contributed by atoms with E-state index in [2.05, 4.69) is 47.5 Å². The number of aromatic amines is 1. The van der Waals surface area contributed by atoms with Gasteiger partial charge >= 0.3 is 0 Å². The molecule has 0 radical (unpaired) electrons. The van der Waals surface area contributed by atoms with Gasteiger partial charge in [0.1, 0.15) is 24.4 Å². The van der Waals surface area contributed by atoms with E-state index in [0.717, 1.165) is 41.8 Å². The van der Waals surface area contributed by atoms with Crippen molar-refractivity contribution in [2.75, 3.05) is 57.6 Å². The van der Waals surface area contributed by atoms with Gasteiger partial charge in [-0.1, -0.05) is 0 Å². The first-order chi connectivity index (χ1) is 18.6. The molecule has 5 rings (SSSR count). The predicted octanol–water partition coefficient (Wildman–Crippen LogP) is 2.66. The first-order valence-corrected chi connectivity index (χ1v) is 12.5. The van der Waals surface area contributed by atoms with Crippen molar-refractivity contribution in [1.29, 1.82) is 0 Å². The number of rotatable bonds is 5. The van der Waals surface area contributed by atoms with Crippen LogP contribution in [-0.4, -0.2) is 87.6 Å². The summed E-state index contributed by atoms with van der Waals surface area (Å²) in [5.41, 5.74) is 2.61. The molecule has 1 aliphatic heterocycles. The highest BCUT2D eigenvalue weighted by Crippen LogP contribution is 2.33. The number of aromatic nitrogens is 5. The van der Waals surface area contributed by atoms with Gasteiger partial charge in [-0.3, -0.25) is 4.79 Å². The van der Waals surface area contributed by atoms with Crippen LogP contribution < -0.4 is 20.1 Å². The van der Waals surface area contributed by atoms with Crippen LogP contribution in [0.1, 0.15) is 12.0 Å². The molecule has 4 aromatic rings. The first-order valence-electron chi connectivity index (χ1n) is 12.5. The van der Waals surface area contributed by atoms with E-state index >= 15 is 0 Å². The molecule has 12 heteroatoms. The number of carbonyl (C=O) groups is 1. The highest BCUT2D eigenvalue weighted by molar-refractivity contribution is 5.92. The van der Waals surface area contributed by atoms with Crippen LogP contribution in [0.2, 0.25) is 0 Å². The molecule has 12 nitrogen and oxygen atoms in total. The lowest BCUT2D eigenvalue weighted by molar-refractivity contribution is -0.132. The molecule has 1 amide bonds. The molecule has 4 heterocycles. The SMILES string of the molecule is CN1CCCN(C)C(=O)COc2cc(ccc2OCCNc2ncccn2)Nc2ncnc3[nH]cc(c23)C1. The lowest BCUT2D eigenvalue weighted by Crippen LogP contribution is -2.33. The highest BCUT2D eigenvalue weighted by atomic mass is 16.5. The Balaban J connectivity index is 1.40. The van der Waals surface area contributed by atoms with Gasteiger partial charge in [0.15, 0.2) is 18.1 Å². The van der Waals surface area contributed by atoms with Crippen molar-refractivity contribution in [3.8, 4) is 11.5 Å². The molecule has 198 valence electrons. The minimum absolute atomic E-state index is 0.0953. The van der Waals surface area contributed by atoms with Gasteiger partial charge in [-0.2, -0.15) is 0 Å². The van der Waals surface area contributed by atoms with E-state index in [1.165, 1.54) is 6.33 Å². The molecule has 1 aliphatic rings. The van der Waals surface area contributed by atoms with Gasteiger partial charge in [0, 0.05) is 50.5 Å². The van der Waals surface area contributed by atoms with Gasteiger partial charge < -0.3 is 34.9 Å². The summed E-state index contributed by atoms with van der Waals surface area (Å²) in [6.07, 6.45) is 7.68. The minimum atomic E-state index is -0.0996. The molecular weight excluding hydrogens is 486 g/mol. The summed E-state index contributed by atoms with van der Waals surface area (Å²) in [4.78, 5) is 37.1. The number of anilines is 3. The zero-order valence-electron chi connectivity index (χ0n) is 21.5. The quantitative estimate of drug-likeness (QED) is 0.339. The van der Waals surface area contributed by atoms with Crippen LogP contribution in [-0.2, 0) is 11.3 Å². The van der Waals surface area contributed by atoms with Gasteiger partial charge in [-0.15, -0.1) is 0 Å². The second-order valence-electron chi connectivity index (χ2n) is 9.09. The maximum atomic E-state index is 12.8. The molecule has 1 aromatic carbocycles. The third-order valence-electron chi connectivity index (χ3n) is 6.22. The Morgan fingerprint density at radius 2 is 2.00 bits per heavy atom. The molecule has 0 spiro atoms. The fourth-order valence-electron chi connectivity index (χ4n) is 4.24. The van der Waals surface area contributed by atoms with Crippen LogP contribution in [0.5, 0.6) is 11.5 Å². The Morgan fingerprint density at radius 3 is 2.87 bits per heavy atom. The number of H-pyrrole nitrogens is 1. The maximum Gasteiger partial charge on any atom is 0.260 e. The highest BCUT2D eigenvalue weighted by Gasteiger charge is 2.17. The second-order valence-corrected chi connectivity index (χ2v) is 9.09. The van der Waals surface area contributed by atoms with E-state index < -0.39 is 0 Å². The molecule has 0 saturated heterocycles. The summed E-state index contributed by atoms with van der Waals surface area (Å²) in [6, 6.07) is 7.28. The minimum Gasteiger partial charge on any atom is -0.488 e. The topological polar surface area (TPSA) is 133 Å². The summed E-state index contributed by atoms with van der Waals surface area (Å²) >= 11 is 0. The van der Waals surface area contributed by atoms with Crippen LogP contribution >= 0.6 is 0 Å². The predicted molar refractivity (Wildman–Crippen MR) is 144 cm³/mol. The molecular formula is C26H31N9O3. The van der Waals surface area contributed by atoms with E-state index in [0.29, 0.717) is 43.0 Å². The lowest BCUT2D eigenvalue weighted by atomic mass is 10.2. The number of hydrogen-bond acceptors (Lipinski definition) is 10. The van der Waals surface area contributed by atoms with Crippen LogP contribution in [0, 0.1) is 0 Å². The zero-order valence-corrected chi connectivity index (χ0v) is 21.5. The summed E-state index contributed by atoms with van der Waals surface area (Å²) in [6.45, 7) is 2.94. The monoisotopic (exact) mass is 517 g/mol. The number of nitrogens with one attached hydrogen (secondary N) is 3. The number of carbonyl (C=O) groups excluding carboxylic acids is 1. The first kappa shape index (κ1) is 25.2. The number of benzene rings is 1. The molecule has 3 aromatic heterocycles. The van der Waals surface area contributed by atoms with Crippen LogP contribution in [0.25, 0.3) is 11.0 Å². The van der Waals surface area contributed by atoms with Gasteiger partial charge in [-0.05, 0) is 43.8 Å². The van der Waals surface area contributed by atoms with Crippen molar-refractivity contribution in [2.24, 2.45) is 0 Å². The van der Waals surface area contributed by atoms with Gasteiger partial charge in [-0.25, -0.2) is 19.9 Å². The van der Waals surface area contributed by atoms with E-state index in [1.54, 1.807) is 30.4 Å². The molecule has 0 fully saturated rings. The smallest absolute Gasteiger partial charge is 0.260 e. The van der Waals surface area contributed by atoms with Crippen molar-refractivity contribution >= 4 is 34.4 Å². The molecule has 0 atom stereocenters. The average Bonchev–Trinajstić information content (AvgIpc) is 3.34. The average molecular weight is 518 g/mol.